The molecule has 2 N–H and O–H groups in total. The van der Waals surface area contributed by atoms with Gasteiger partial charge in [0.15, 0.2) is 11.7 Å². The van der Waals surface area contributed by atoms with Crippen molar-refractivity contribution in [3.8, 4) is 5.75 Å². The maximum Gasteiger partial charge on any atom is 0.434 e. The zero-order valence-electron chi connectivity index (χ0n) is 13.2. The number of nitrogens with zero attached hydrogens (tertiary/aromatic N) is 2. The molecule has 0 spiro atoms. The number of hydrogen-bond donors (Lipinski definition) is 2. The normalized spacial score (nSPS) is 12.1. The molecule has 1 aromatic carbocycles. The van der Waals surface area contributed by atoms with Crippen molar-refractivity contribution in [1.82, 2.24) is 15.6 Å². The number of halogens is 4. The van der Waals surface area contributed by atoms with Crippen molar-refractivity contribution < 1.29 is 17.9 Å². The summed E-state index contributed by atoms with van der Waals surface area (Å²) in [5.74, 6) is 1.21. The summed E-state index contributed by atoms with van der Waals surface area (Å²) < 4.78 is 44.0. The lowest BCUT2D eigenvalue weighted by Crippen LogP contribution is -2.38. The Labute approximate surface area is 155 Å². The summed E-state index contributed by atoms with van der Waals surface area (Å²) >= 11 is 4.30. The first-order valence-electron chi connectivity index (χ1n) is 7.23. The molecule has 0 bridgehead atoms. The molecule has 0 aliphatic carbocycles. The van der Waals surface area contributed by atoms with Gasteiger partial charge in [0.25, 0.3) is 0 Å². The SMILES string of the molecule is CN=C(NCCOc1ccc(Br)cc1)NCc1nc(C(F)(F)F)cs1. The predicted molar refractivity (Wildman–Crippen MR) is 95.0 cm³/mol. The van der Waals surface area contributed by atoms with Gasteiger partial charge in [-0.25, -0.2) is 4.98 Å². The van der Waals surface area contributed by atoms with E-state index in [2.05, 4.69) is 36.5 Å². The summed E-state index contributed by atoms with van der Waals surface area (Å²) in [4.78, 5) is 7.55. The minimum absolute atomic E-state index is 0.161. The van der Waals surface area contributed by atoms with Crippen LogP contribution in [0.25, 0.3) is 0 Å². The Hall–Kier alpha value is -1.81. The average Bonchev–Trinajstić information content (AvgIpc) is 3.05. The highest BCUT2D eigenvalue weighted by atomic mass is 79.9. The number of thiazole rings is 1. The van der Waals surface area contributed by atoms with Crippen molar-refractivity contribution in [3.05, 3.63) is 44.8 Å². The molecular formula is C15H16BrF3N4OS. The molecule has 0 saturated carbocycles. The molecule has 1 heterocycles. The van der Waals surface area contributed by atoms with Gasteiger partial charge in [-0.1, -0.05) is 15.9 Å². The maximum absolute atomic E-state index is 12.5. The van der Waals surface area contributed by atoms with E-state index in [1.807, 2.05) is 24.3 Å². The van der Waals surface area contributed by atoms with Crippen LogP contribution >= 0.6 is 27.3 Å². The Morgan fingerprint density at radius 1 is 1.28 bits per heavy atom. The number of alkyl halides is 3. The minimum Gasteiger partial charge on any atom is -0.492 e. The van der Waals surface area contributed by atoms with E-state index in [-0.39, 0.29) is 6.54 Å². The molecular weight excluding hydrogens is 421 g/mol. The zero-order chi connectivity index (χ0) is 18.3. The highest BCUT2D eigenvalue weighted by Gasteiger charge is 2.33. The lowest BCUT2D eigenvalue weighted by Gasteiger charge is -2.11. The van der Waals surface area contributed by atoms with E-state index in [1.54, 1.807) is 7.05 Å². The largest absolute Gasteiger partial charge is 0.492 e. The van der Waals surface area contributed by atoms with Crippen LogP contribution in [-0.2, 0) is 12.7 Å². The Morgan fingerprint density at radius 3 is 2.60 bits per heavy atom. The minimum atomic E-state index is -4.42. The fourth-order valence-electron chi connectivity index (χ4n) is 1.77. The number of aliphatic imine (C=N–C) groups is 1. The van der Waals surface area contributed by atoms with E-state index < -0.39 is 11.9 Å². The number of hydrogen-bond acceptors (Lipinski definition) is 4. The molecule has 1 aromatic heterocycles. The monoisotopic (exact) mass is 436 g/mol. The maximum atomic E-state index is 12.5. The lowest BCUT2D eigenvalue weighted by atomic mass is 10.3. The van der Waals surface area contributed by atoms with Gasteiger partial charge in [0.1, 0.15) is 17.4 Å². The van der Waals surface area contributed by atoms with Crippen LogP contribution in [0.2, 0.25) is 0 Å². The summed E-state index contributed by atoms with van der Waals surface area (Å²) in [7, 11) is 1.58. The molecule has 0 aliphatic rings. The number of guanidine groups is 1. The second kappa shape index (κ2) is 9.04. The van der Waals surface area contributed by atoms with Crippen LogP contribution in [-0.4, -0.2) is 31.1 Å². The van der Waals surface area contributed by atoms with E-state index in [9.17, 15) is 13.2 Å². The van der Waals surface area contributed by atoms with Crippen molar-refractivity contribution in [1.29, 1.82) is 0 Å². The molecule has 25 heavy (non-hydrogen) atoms. The third kappa shape index (κ3) is 6.54. The summed E-state index contributed by atoms with van der Waals surface area (Å²) in [5.41, 5.74) is -0.875. The molecule has 2 rings (SSSR count). The summed E-state index contributed by atoms with van der Waals surface area (Å²) in [6.45, 7) is 1.06. The highest BCUT2D eigenvalue weighted by Crippen LogP contribution is 2.29. The molecule has 0 atom stereocenters. The highest BCUT2D eigenvalue weighted by molar-refractivity contribution is 9.10. The Morgan fingerprint density at radius 2 is 2.00 bits per heavy atom. The van der Waals surface area contributed by atoms with Crippen molar-refractivity contribution in [2.45, 2.75) is 12.7 Å². The van der Waals surface area contributed by atoms with Crippen LogP contribution in [0.4, 0.5) is 13.2 Å². The van der Waals surface area contributed by atoms with Crippen LogP contribution in [0.5, 0.6) is 5.75 Å². The fourth-order valence-corrected chi connectivity index (χ4v) is 2.78. The number of nitrogens with one attached hydrogen (secondary N) is 2. The molecule has 0 saturated heterocycles. The van der Waals surface area contributed by atoms with Crippen molar-refractivity contribution in [2.75, 3.05) is 20.2 Å². The summed E-state index contributed by atoms with van der Waals surface area (Å²) in [6, 6.07) is 7.45. The molecule has 0 amide bonds. The van der Waals surface area contributed by atoms with Gasteiger partial charge in [0.05, 0.1) is 13.1 Å². The second-order valence-corrected chi connectivity index (χ2v) is 6.64. The Bertz CT molecular complexity index is 704. The molecule has 5 nitrogen and oxygen atoms in total. The predicted octanol–water partition coefficient (Wildman–Crippen LogP) is 3.67. The molecule has 10 heteroatoms. The van der Waals surface area contributed by atoms with Crippen molar-refractivity contribution in [2.24, 2.45) is 4.99 Å². The average molecular weight is 437 g/mol. The third-order valence-corrected chi connectivity index (χ3v) is 4.33. The smallest absolute Gasteiger partial charge is 0.434 e. The van der Waals surface area contributed by atoms with Gasteiger partial charge in [-0.15, -0.1) is 11.3 Å². The molecule has 0 unspecified atom stereocenters. The van der Waals surface area contributed by atoms with Gasteiger partial charge in [-0.2, -0.15) is 13.2 Å². The zero-order valence-corrected chi connectivity index (χ0v) is 15.6. The molecule has 0 aliphatic heterocycles. The molecule has 0 radical (unpaired) electrons. The van der Waals surface area contributed by atoms with E-state index in [1.165, 1.54) is 0 Å². The van der Waals surface area contributed by atoms with E-state index in [0.717, 1.165) is 26.9 Å². The van der Waals surface area contributed by atoms with Gasteiger partial charge in [0.2, 0.25) is 0 Å². The quantitative estimate of drug-likeness (QED) is 0.412. The first-order valence-corrected chi connectivity index (χ1v) is 8.90. The Balaban J connectivity index is 1.72. The van der Waals surface area contributed by atoms with Gasteiger partial charge in [0, 0.05) is 16.9 Å². The standard InChI is InChI=1S/C15H16BrF3N4OS/c1-20-14(21-6-7-24-11-4-2-10(16)3-5-11)22-8-13-23-12(9-25-13)15(17,18)19/h2-5,9H,6-8H2,1H3,(H2,20,21,22). The number of aromatic nitrogens is 1. The molecule has 136 valence electrons. The van der Waals surface area contributed by atoms with Gasteiger partial charge < -0.3 is 15.4 Å². The summed E-state index contributed by atoms with van der Waals surface area (Å²) in [5, 5.41) is 7.27. The number of ether oxygens (including phenoxy) is 1. The van der Waals surface area contributed by atoms with Crippen LogP contribution in [0.3, 0.4) is 0 Å². The topological polar surface area (TPSA) is 58.5 Å². The first-order chi connectivity index (χ1) is 11.9. The van der Waals surface area contributed by atoms with Crippen LogP contribution < -0.4 is 15.4 Å². The van der Waals surface area contributed by atoms with Crippen LogP contribution in [0, 0.1) is 0 Å². The third-order valence-electron chi connectivity index (χ3n) is 2.95. The van der Waals surface area contributed by atoms with Crippen LogP contribution in [0.15, 0.2) is 39.1 Å². The second-order valence-electron chi connectivity index (χ2n) is 4.78. The van der Waals surface area contributed by atoms with Crippen molar-refractivity contribution in [3.63, 3.8) is 0 Å². The lowest BCUT2D eigenvalue weighted by molar-refractivity contribution is -0.140. The summed E-state index contributed by atoms with van der Waals surface area (Å²) in [6.07, 6.45) is -4.42. The molecule has 2 aromatic rings. The number of rotatable bonds is 6. The fraction of sp³-hybridized carbons (Fsp3) is 0.333. The first kappa shape index (κ1) is 19.5. The van der Waals surface area contributed by atoms with Crippen LogP contribution in [0.1, 0.15) is 10.7 Å². The van der Waals surface area contributed by atoms with Gasteiger partial charge in [-0.3, -0.25) is 4.99 Å². The van der Waals surface area contributed by atoms with E-state index in [0.29, 0.717) is 24.1 Å². The molecule has 0 fully saturated rings. The Kier molecular flexibility index (Phi) is 7.06. The van der Waals surface area contributed by atoms with E-state index in [4.69, 9.17) is 4.74 Å². The van der Waals surface area contributed by atoms with E-state index >= 15 is 0 Å². The number of benzene rings is 1. The van der Waals surface area contributed by atoms with Crippen molar-refractivity contribution >= 4 is 33.2 Å². The van der Waals surface area contributed by atoms with Gasteiger partial charge >= 0.3 is 6.18 Å². The van der Waals surface area contributed by atoms with Gasteiger partial charge in [-0.05, 0) is 24.3 Å².